The van der Waals surface area contributed by atoms with Crippen molar-refractivity contribution >= 4 is 11.8 Å². The van der Waals surface area contributed by atoms with E-state index in [1.165, 1.54) is 17.0 Å². The van der Waals surface area contributed by atoms with Crippen molar-refractivity contribution < 1.29 is 18.7 Å². The number of hydrogen-bond donors (Lipinski definition) is 1. The van der Waals surface area contributed by atoms with Gasteiger partial charge in [0.05, 0.1) is 0 Å². The average Bonchev–Trinajstić information content (AvgIpc) is 2.73. The van der Waals surface area contributed by atoms with E-state index in [0.29, 0.717) is 18.7 Å². The van der Waals surface area contributed by atoms with Gasteiger partial charge in [-0.05, 0) is 67.6 Å². The maximum Gasteiger partial charge on any atom is 0.261 e. The van der Waals surface area contributed by atoms with Crippen LogP contribution in [0.15, 0.2) is 42.5 Å². The van der Waals surface area contributed by atoms with Crippen molar-refractivity contribution in [3.8, 4) is 5.75 Å². The highest BCUT2D eigenvalue weighted by molar-refractivity contribution is 5.88. The largest absolute Gasteiger partial charge is 0.484 e. The van der Waals surface area contributed by atoms with Crippen LogP contribution >= 0.6 is 0 Å². The van der Waals surface area contributed by atoms with Gasteiger partial charge in [0.2, 0.25) is 5.91 Å². The predicted molar refractivity (Wildman–Crippen MR) is 120 cm³/mol. The molecule has 0 bridgehead atoms. The second kappa shape index (κ2) is 12.1. The zero-order valence-electron chi connectivity index (χ0n) is 18.9. The molecule has 1 N–H and O–H groups in total. The van der Waals surface area contributed by atoms with Gasteiger partial charge >= 0.3 is 0 Å². The predicted octanol–water partition coefficient (Wildman–Crippen LogP) is 4.55. The van der Waals surface area contributed by atoms with Crippen molar-refractivity contribution in [2.75, 3.05) is 13.2 Å². The lowest BCUT2D eigenvalue weighted by Crippen LogP contribution is -2.50. The Morgan fingerprint density at radius 1 is 1.06 bits per heavy atom. The van der Waals surface area contributed by atoms with Crippen molar-refractivity contribution in [3.05, 3.63) is 65.0 Å². The molecule has 0 aliphatic heterocycles. The molecule has 2 aromatic rings. The molecule has 0 aliphatic rings. The van der Waals surface area contributed by atoms with Gasteiger partial charge in [0, 0.05) is 13.1 Å². The first-order valence-electron chi connectivity index (χ1n) is 10.9. The van der Waals surface area contributed by atoms with Gasteiger partial charge in [0.1, 0.15) is 17.6 Å². The Morgan fingerprint density at radius 3 is 2.29 bits per heavy atom. The number of benzene rings is 2. The highest BCUT2D eigenvalue weighted by Crippen LogP contribution is 2.18. The number of nitrogens with zero attached hydrogens (tertiary/aromatic N) is 1. The summed E-state index contributed by atoms with van der Waals surface area (Å²) in [6, 6.07) is 11.1. The minimum absolute atomic E-state index is 0.178. The summed E-state index contributed by atoms with van der Waals surface area (Å²) in [4.78, 5) is 27.5. The van der Waals surface area contributed by atoms with Crippen molar-refractivity contribution in [2.24, 2.45) is 0 Å². The molecule has 0 heterocycles. The second-order valence-corrected chi connectivity index (χ2v) is 7.83. The third kappa shape index (κ3) is 7.70. The Labute approximate surface area is 184 Å². The monoisotopic (exact) mass is 428 g/mol. The lowest BCUT2D eigenvalue weighted by atomic mass is 10.1. The van der Waals surface area contributed by atoms with E-state index in [2.05, 4.69) is 12.2 Å². The second-order valence-electron chi connectivity index (χ2n) is 7.83. The van der Waals surface area contributed by atoms with Crippen LogP contribution in [0.25, 0.3) is 0 Å². The van der Waals surface area contributed by atoms with Crippen LogP contribution in [-0.4, -0.2) is 35.9 Å². The van der Waals surface area contributed by atoms with Crippen molar-refractivity contribution in [3.63, 3.8) is 0 Å². The number of carbonyl (C=O) groups is 2. The van der Waals surface area contributed by atoms with Gasteiger partial charge < -0.3 is 15.0 Å². The topological polar surface area (TPSA) is 58.6 Å². The molecule has 0 aromatic heterocycles. The van der Waals surface area contributed by atoms with E-state index in [1.54, 1.807) is 12.1 Å². The minimum atomic E-state index is -0.628. The standard InChI is InChI=1S/C25H33FN2O3/c1-5-7-12-27-25(30)23(6-2)28(16-20-8-10-21(26)11-9-20)24(29)17-31-22-14-18(3)13-19(4)15-22/h8-11,13-15,23H,5-7,12,16-17H2,1-4H3,(H,27,30)/t23-/m1/s1. The van der Waals surface area contributed by atoms with Crippen LogP contribution in [0.3, 0.4) is 0 Å². The summed E-state index contributed by atoms with van der Waals surface area (Å²) in [7, 11) is 0. The van der Waals surface area contributed by atoms with E-state index in [4.69, 9.17) is 4.74 Å². The zero-order chi connectivity index (χ0) is 22.8. The van der Waals surface area contributed by atoms with Crippen molar-refractivity contribution in [1.29, 1.82) is 0 Å². The number of ether oxygens (including phenoxy) is 1. The number of nitrogens with one attached hydrogen (secondary N) is 1. The summed E-state index contributed by atoms with van der Waals surface area (Å²) in [5, 5.41) is 2.92. The fourth-order valence-electron chi connectivity index (χ4n) is 3.46. The van der Waals surface area contributed by atoms with Gasteiger partial charge in [-0.25, -0.2) is 4.39 Å². The first-order valence-corrected chi connectivity index (χ1v) is 10.9. The van der Waals surface area contributed by atoms with Gasteiger partial charge in [-0.3, -0.25) is 9.59 Å². The van der Waals surface area contributed by atoms with Crippen molar-refractivity contribution in [1.82, 2.24) is 10.2 Å². The van der Waals surface area contributed by atoms with E-state index in [9.17, 15) is 14.0 Å². The molecule has 0 saturated carbocycles. The first kappa shape index (κ1) is 24.4. The van der Waals surface area contributed by atoms with E-state index in [-0.39, 0.29) is 30.8 Å². The number of hydrogen-bond acceptors (Lipinski definition) is 3. The van der Waals surface area contributed by atoms with Crippen molar-refractivity contribution in [2.45, 2.75) is 59.5 Å². The van der Waals surface area contributed by atoms with Crippen LogP contribution in [0.5, 0.6) is 5.75 Å². The van der Waals surface area contributed by atoms with Crippen LogP contribution in [0.2, 0.25) is 0 Å². The smallest absolute Gasteiger partial charge is 0.261 e. The number of rotatable bonds is 11. The molecule has 0 radical (unpaired) electrons. The highest BCUT2D eigenvalue weighted by Gasteiger charge is 2.28. The molecule has 31 heavy (non-hydrogen) atoms. The third-order valence-corrected chi connectivity index (χ3v) is 5.04. The normalized spacial score (nSPS) is 11.6. The van der Waals surface area contributed by atoms with Gasteiger partial charge in [0.15, 0.2) is 6.61 Å². The molecule has 2 aromatic carbocycles. The van der Waals surface area contributed by atoms with Gasteiger partial charge in [0.25, 0.3) is 5.91 Å². The molecule has 0 saturated heterocycles. The van der Waals surface area contributed by atoms with Crippen LogP contribution in [0.1, 0.15) is 49.8 Å². The summed E-state index contributed by atoms with van der Waals surface area (Å²) in [6.45, 7) is 8.46. The van der Waals surface area contributed by atoms with E-state index in [1.807, 2.05) is 39.0 Å². The molecule has 2 amide bonds. The zero-order valence-corrected chi connectivity index (χ0v) is 18.9. The first-order chi connectivity index (χ1) is 14.8. The summed E-state index contributed by atoms with van der Waals surface area (Å²) in [6.07, 6.45) is 2.32. The molecule has 0 unspecified atom stereocenters. The summed E-state index contributed by atoms with van der Waals surface area (Å²) < 4.78 is 19.1. The number of amides is 2. The molecule has 1 atom stereocenters. The maximum atomic E-state index is 13.3. The Kier molecular flexibility index (Phi) is 9.50. The number of halogens is 1. The van der Waals surface area contributed by atoms with Gasteiger partial charge in [-0.1, -0.05) is 38.5 Å². The van der Waals surface area contributed by atoms with E-state index in [0.717, 1.165) is 29.5 Å². The Bertz CT molecular complexity index is 847. The third-order valence-electron chi connectivity index (χ3n) is 5.04. The number of carbonyl (C=O) groups excluding carboxylic acids is 2. The molecule has 0 fully saturated rings. The molecular weight excluding hydrogens is 395 g/mol. The SMILES string of the molecule is CCCCNC(=O)[C@@H](CC)N(Cc1ccc(F)cc1)C(=O)COc1cc(C)cc(C)c1. The molecular formula is C25H33FN2O3. The maximum absolute atomic E-state index is 13.3. The average molecular weight is 429 g/mol. The minimum Gasteiger partial charge on any atom is -0.484 e. The Balaban J connectivity index is 2.18. The Morgan fingerprint density at radius 2 is 1.71 bits per heavy atom. The Hall–Kier alpha value is -2.89. The highest BCUT2D eigenvalue weighted by atomic mass is 19.1. The molecule has 2 rings (SSSR count). The van der Waals surface area contributed by atoms with Crippen LogP contribution in [-0.2, 0) is 16.1 Å². The summed E-state index contributed by atoms with van der Waals surface area (Å²) in [5.41, 5.74) is 2.85. The lowest BCUT2D eigenvalue weighted by molar-refractivity contribution is -0.143. The molecule has 0 spiro atoms. The number of unbranched alkanes of at least 4 members (excludes halogenated alkanes) is 1. The number of aryl methyl sites for hydroxylation is 2. The lowest BCUT2D eigenvalue weighted by Gasteiger charge is -2.30. The summed E-state index contributed by atoms with van der Waals surface area (Å²) in [5.74, 6) is -0.198. The van der Waals surface area contributed by atoms with Crippen LogP contribution in [0.4, 0.5) is 4.39 Å². The van der Waals surface area contributed by atoms with Gasteiger partial charge in [-0.15, -0.1) is 0 Å². The van der Waals surface area contributed by atoms with E-state index < -0.39 is 6.04 Å². The fourth-order valence-corrected chi connectivity index (χ4v) is 3.46. The molecule has 0 aliphatic carbocycles. The molecule has 5 nitrogen and oxygen atoms in total. The molecule has 6 heteroatoms. The fraction of sp³-hybridized carbons (Fsp3) is 0.440. The quantitative estimate of drug-likeness (QED) is 0.535. The van der Waals surface area contributed by atoms with Gasteiger partial charge in [-0.2, -0.15) is 0 Å². The molecule has 168 valence electrons. The van der Waals surface area contributed by atoms with Crippen LogP contribution < -0.4 is 10.1 Å². The van der Waals surface area contributed by atoms with E-state index >= 15 is 0 Å². The van der Waals surface area contributed by atoms with Crippen LogP contribution in [0, 0.1) is 19.7 Å². The summed E-state index contributed by atoms with van der Waals surface area (Å²) >= 11 is 0.